The Morgan fingerprint density at radius 1 is 1.53 bits per heavy atom. The van der Waals surface area contributed by atoms with E-state index in [9.17, 15) is 4.79 Å². The maximum absolute atomic E-state index is 11.1. The second kappa shape index (κ2) is 5.71. The Morgan fingerprint density at radius 3 is 2.89 bits per heavy atom. The number of aliphatic carboxylic acids is 1. The number of hydrogen-bond acceptors (Lipinski definition) is 5. The lowest BCUT2D eigenvalue weighted by atomic mass is 10.2. The number of furan rings is 1. The Labute approximate surface area is 110 Å². The van der Waals surface area contributed by atoms with E-state index >= 15 is 0 Å². The van der Waals surface area contributed by atoms with Gasteiger partial charge in [-0.1, -0.05) is 12.1 Å². The van der Waals surface area contributed by atoms with Gasteiger partial charge in [0.2, 0.25) is 5.76 Å². The number of aromatic nitrogens is 1. The number of likely N-dealkylation sites (N-methyl/N-ethyl adjacent to an activating group) is 1. The molecule has 0 aliphatic heterocycles. The summed E-state index contributed by atoms with van der Waals surface area (Å²) in [5.74, 6) is 0.309. The third-order valence-electron chi connectivity index (χ3n) is 2.94. The van der Waals surface area contributed by atoms with Gasteiger partial charge in [0.25, 0.3) is 0 Å². The van der Waals surface area contributed by atoms with Crippen molar-refractivity contribution >= 4 is 5.97 Å². The van der Waals surface area contributed by atoms with Crippen LogP contribution in [0.2, 0.25) is 0 Å². The van der Waals surface area contributed by atoms with Crippen molar-refractivity contribution in [3.63, 3.8) is 0 Å². The third kappa shape index (κ3) is 3.03. The van der Waals surface area contributed by atoms with E-state index in [1.54, 1.807) is 36.4 Å². The molecule has 1 unspecified atom stereocenters. The van der Waals surface area contributed by atoms with Crippen LogP contribution in [0.3, 0.4) is 0 Å². The fourth-order valence-electron chi connectivity index (χ4n) is 1.96. The predicted molar refractivity (Wildman–Crippen MR) is 67.4 cm³/mol. The topological polar surface area (TPSA) is 79.7 Å². The van der Waals surface area contributed by atoms with E-state index in [1.807, 2.05) is 6.92 Å². The smallest absolute Gasteiger partial charge is 0.320 e. The summed E-state index contributed by atoms with van der Waals surface area (Å²) >= 11 is 0. The third-order valence-corrected chi connectivity index (χ3v) is 2.94. The van der Waals surface area contributed by atoms with Gasteiger partial charge in [0, 0.05) is 12.6 Å². The normalized spacial score (nSPS) is 12.8. The number of hydrogen-bond donors (Lipinski definition) is 1. The Balaban J connectivity index is 2.06. The minimum atomic E-state index is -0.834. The first-order chi connectivity index (χ1) is 9.11. The average Bonchev–Trinajstić information content (AvgIpc) is 2.98. The van der Waals surface area contributed by atoms with Crippen molar-refractivity contribution in [3.05, 3.63) is 30.2 Å². The number of carbonyl (C=O) groups is 1. The van der Waals surface area contributed by atoms with E-state index in [1.165, 1.54) is 0 Å². The van der Waals surface area contributed by atoms with Crippen LogP contribution in [0.25, 0.3) is 11.5 Å². The molecule has 19 heavy (non-hydrogen) atoms. The maximum atomic E-state index is 11.1. The lowest BCUT2D eigenvalue weighted by molar-refractivity contribution is -0.143. The van der Waals surface area contributed by atoms with Gasteiger partial charge in [0.15, 0.2) is 5.76 Å². The molecular formula is C13H16N2O4. The highest BCUT2D eigenvalue weighted by molar-refractivity contribution is 5.73. The molecule has 0 radical (unpaired) electrons. The molecular weight excluding hydrogens is 248 g/mol. The summed E-state index contributed by atoms with van der Waals surface area (Å²) in [6.45, 7) is 2.25. The Kier molecular flexibility index (Phi) is 4.01. The van der Waals surface area contributed by atoms with Gasteiger partial charge in [-0.15, -0.1) is 0 Å². The van der Waals surface area contributed by atoms with E-state index in [4.69, 9.17) is 14.0 Å². The maximum Gasteiger partial charge on any atom is 0.320 e. The minimum absolute atomic E-state index is 0.412. The van der Waals surface area contributed by atoms with Gasteiger partial charge in [0.1, 0.15) is 6.04 Å². The van der Waals surface area contributed by atoms with Crippen molar-refractivity contribution in [2.75, 3.05) is 7.05 Å². The van der Waals surface area contributed by atoms with Crippen LogP contribution in [0.4, 0.5) is 0 Å². The number of carboxylic acids is 1. The first-order valence-corrected chi connectivity index (χ1v) is 6.04. The Hall–Kier alpha value is -2.08. The van der Waals surface area contributed by atoms with Crippen LogP contribution in [0, 0.1) is 0 Å². The fraction of sp³-hybridized carbons (Fsp3) is 0.385. The molecule has 1 N–H and O–H groups in total. The molecule has 0 aliphatic rings. The summed E-state index contributed by atoms with van der Waals surface area (Å²) in [6.07, 6.45) is 2.09. The van der Waals surface area contributed by atoms with Crippen molar-refractivity contribution in [2.45, 2.75) is 25.9 Å². The molecule has 0 aliphatic carbocycles. The van der Waals surface area contributed by atoms with Gasteiger partial charge in [0.05, 0.1) is 12.0 Å². The number of rotatable bonds is 6. The van der Waals surface area contributed by atoms with E-state index in [0.717, 1.165) is 0 Å². The first-order valence-electron chi connectivity index (χ1n) is 6.04. The highest BCUT2D eigenvalue weighted by Gasteiger charge is 2.21. The highest BCUT2D eigenvalue weighted by atomic mass is 16.5. The van der Waals surface area contributed by atoms with Crippen molar-refractivity contribution < 1.29 is 18.8 Å². The molecule has 102 valence electrons. The average molecular weight is 264 g/mol. The Bertz CT molecular complexity index is 533. The molecule has 0 aromatic carbocycles. The van der Waals surface area contributed by atoms with E-state index in [0.29, 0.717) is 30.2 Å². The van der Waals surface area contributed by atoms with Crippen LogP contribution in [0.15, 0.2) is 33.4 Å². The van der Waals surface area contributed by atoms with Gasteiger partial charge in [-0.25, -0.2) is 0 Å². The van der Waals surface area contributed by atoms with Crippen LogP contribution in [-0.2, 0) is 11.3 Å². The second-order valence-corrected chi connectivity index (χ2v) is 4.34. The van der Waals surface area contributed by atoms with Gasteiger partial charge < -0.3 is 14.0 Å². The van der Waals surface area contributed by atoms with Crippen LogP contribution < -0.4 is 0 Å². The van der Waals surface area contributed by atoms with Crippen molar-refractivity contribution in [1.82, 2.24) is 10.1 Å². The van der Waals surface area contributed by atoms with Gasteiger partial charge in [-0.3, -0.25) is 9.69 Å². The number of carboxylic acid groups (broad SMARTS) is 1. The van der Waals surface area contributed by atoms with Gasteiger partial charge in [-0.05, 0) is 25.6 Å². The van der Waals surface area contributed by atoms with E-state index in [-0.39, 0.29) is 0 Å². The quantitative estimate of drug-likeness (QED) is 0.861. The molecule has 0 saturated carbocycles. The standard InChI is InChI=1S/C13H16N2O4/c1-3-10(13(16)17)15(2)8-9-7-12(19-14-9)11-5-4-6-18-11/h4-7,10H,3,8H2,1-2H3,(H,16,17). The molecule has 2 heterocycles. The van der Waals surface area contributed by atoms with Gasteiger partial charge in [-0.2, -0.15) is 0 Å². The summed E-state index contributed by atoms with van der Waals surface area (Å²) in [6, 6.07) is 4.77. The summed E-state index contributed by atoms with van der Waals surface area (Å²) in [4.78, 5) is 12.8. The van der Waals surface area contributed by atoms with Crippen LogP contribution >= 0.6 is 0 Å². The van der Waals surface area contributed by atoms with Crippen LogP contribution in [0.1, 0.15) is 19.0 Å². The zero-order valence-electron chi connectivity index (χ0n) is 10.9. The largest absolute Gasteiger partial charge is 0.480 e. The molecule has 0 amide bonds. The number of nitrogens with zero attached hydrogens (tertiary/aromatic N) is 2. The zero-order valence-corrected chi connectivity index (χ0v) is 10.9. The second-order valence-electron chi connectivity index (χ2n) is 4.34. The Morgan fingerprint density at radius 2 is 2.32 bits per heavy atom. The predicted octanol–water partition coefficient (Wildman–Crippen LogP) is 2.23. The van der Waals surface area contributed by atoms with Crippen LogP contribution in [-0.4, -0.2) is 34.2 Å². The molecule has 0 bridgehead atoms. The summed E-state index contributed by atoms with van der Waals surface area (Å²) in [5.41, 5.74) is 0.675. The first kappa shape index (κ1) is 13.4. The summed E-state index contributed by atoms with van der Waals surface area (Å²) < 4.78 is 10.4. The molecule has 2 aromatic rings. The van der Waals surface area contributed by atoms with Crippen LogP contribution in [0.5, 0.6) is 0 Å². The summed E-state index contributed by atoms with van der Waals surface area (Å²) in [5, 5.41) is 13.0. The lowest BCUT2D eigenvalue weighted by Gasteiger charge is -2.21. The van der Waals surface area contributed by atoms with Crippen molar-refractivity contribution in [2.24, 2.45) is 0 Å². The molecule has 0 fully saturated rings. The highest BCUT2D eigenvalue weighted by Crippen LogP contribution is 2.21. The van der Waals surface area contributed by atoms with E-state index in [2.05, 4.69) is 5.16 Å². The fourth-order valence-corrected chi connectivity index (χ4v) is 1.96. The summed E-state index contributed by atoms with van der Waals surface area (Å²) in [7, 11) is 1.75. The van der Waals surface area contributed by atoms with E-state index < -0.39 is 12.0 Å². The van der Waals surface area contributed by atoms with Gasteiger partial charge >= 0.3 is 5.97 Å². The molecule has 6 nitrogen and oxygen atoms in total. The van der Waals surface area contributed by atoms with Crippen molar-refractivity contribution in [1.29, 1.82) is 0 Å². The molecule has 1 atom stereocenters. The minimum Gasteiger partial charge on any atom is -0.480 e. The van der Waals surface area contributed by atoms with Crippen molar-refractivity contribution in [3.8, 4) is 11.5 Å². The monoisotopic (exact) mass is 264 g/mol. The molecule has 0 saturated heterocycles. The molecule has 2 aromatic heterocycles. The lowest BCUT2D eigenvalue weighted by Crippen LogP contribution is -2.37. The zero-order chi connectivity index (χ0) is 13.8. The molecule has 2 rings (SSSR count). The molecule has 0 spiro atoms. The molecule has 6 heteroatoms. The SMILES string of the molecule is CCC(C(=O)O)N(C)Cc1cc(-c2ccco2)on1.